The van der Waals surface area contributed by atoms with Crippen LogP contribution in [-0.4, -0.2) is 32.9 Å². The summed E-state index contributed by atoms with van der Waals surface area (Å²) in [5.41, 5.74) is 0.554. The lowest BCUT2D eigenvalue weighted by atomic mass is 10.1. The zero-order valence-corrected chi connectivity index (χ0v) is 13.6. The summed E-state index contributed by atoms with van der Waals surface area (Å²) >= 11 is 1.47. The third-order valence-corrected chi connectivity index (χ3v) is 4.11. The molecule has 0 amide bonds. The van der Waals surface area contributed by atoms with E-state index in [1.807, 2.05) is 24.3 Å². The van der Waals surface area contributed by atoms with Gasteiger partial charge in [0.05, 0.1) is 32.6 Å². The Labute approximate surface area is 134 Å². The number of methoxy groups -OCH3 is 3. The Morgan fingerprint density at radius 3 is 2.36 bits per heavy atom. The van der Waals surface area contributed by atoms with Gasteiger partial charge in [-0.3, -0.25) is 4.79 Å². The number of ether oxygens (including phenoxy) is 3. The first-order chi connectivity index (χ1) is 10.7. The van der Waals surface area contributed by atoms with E-state index in [0.717, 1.165) is 10.6 Å². The van der Waals surface area contributed by atoms with Crippen molar-refractivity contribution >= 4 is 17.5 Å². The van der Waals surface area contributed by atoms with Crippen molar-refractivity contribution in [1.82, 2.24) is 0 Å². The molecule has 0 fully saturated rings. The molecule has 0 aliphatic carbocycles. The number of benzene rings is 2. The molecule has 2 rings (SSSR count). The fourth-order valence-corrected chi connectivity index (χ4v) is 2.77. The number of Topliss-reactive ketones (excluding diaryl/α,β-unsaturated/α-hetero) is 1. The fraction of sp³-hybridized carbons (Fsp3) is 0.235. The van der Waals surface area contributed by atoms with Crippen molar-refractivity contribution in [2.24, 2.45) is 0 Å². The van der Waals surface area contributed by atoms with Crippen molar-refractivity contribution in [2.45, 2.75) is 4.90 Å². The van der Waals surface area contributed by atoms with E-state index in [9.17, 15) is 4.79 Å². The molecule has 5 heteroatoms. The number of hydrogen-bond donors (Lipinski definition) is 0. The van der Waals surface area contributed by atoms with Gasteiger partial charge in [-0.1, -0.05) is 6.07 Å². The van der Waals surface area contributed by atoms with Gasteiger partial charge in [0.2, 0.25) is 0 Å². The summed E-state index contributed by atoms with van der Waals surface area (Å²) in [6.45, 7) is 0. The van der Waals surface area contributed by atoms with E-state index in [-0.39, 0.29) is 5.78 Å². The average molecular weight is 318 g/mol. The molecule has 0 atom stereocenters. The lowest BCUT2D eigenvalue weighted by molar-refractivity contribution is 0.101. The summed E-state index contributed by atoms with van der Waals surface area (Å²) in [7, 11) is 4.74. The summed E-state index contributed by atoms with van der Waals surface area (Å²) in [6, 6.07) is 12.8. The van der Waals surface area contributed by atoms with Crippen molar-refractivity contribution in [3.05, 3.63) is 48.0 Å². The van der Waals surface area contributed by atoms with E-state index >= 15 is 0 Å². The summed E-state index contributed by atoms with van der Waals surface area (Å²) in [4.78, 5) is 13.4. The minimum Gasteiger partial charge on any atom is -0.497 e. The molecule has 0 radical (unpaired) electrons. The fourth-order valence-electron chi connectivity index (χ4n) is 1.95. The molecule has 0 bridgehead atoms. The van der Waals surface area contributed by atoms with Gasteiger partial charge >= 0.3 is 0 Å². The highest BCUT2D eigenvalue weighted by molar-refractivity contribution is 8.00. The van der Waals surface area contributed by atoms with E-state index in [4.69, 9.17) is 14.2 Å². The van der Waals surface area contributed by atoms with Gasteiger partial charge in [-0.05, 0) is 30.3 Å². The van der Waals surface area contributed by atoms with E-state index in [0.29, 0.717) is 22.8 Å². The minimum absolute atomic E-state index is 0.00678. The van der Waals surface area contributed by atoms with Crippen LogP contribution in [0.4, 0.5) is 0 Å². The van der Waals surface area contributed by atoms with E-state index in [1.54, 1.807) is 39.5 Å². The van der Waals surface area contributed by atoms with Crippen LogP contribution < -0.4 is 14.2 Å². The normalized spacial score (nSPS) is 10.1. The van der Waals surface area contributed by atoms with Crippen molar-refractivity contribution in [3.63, 3.8) is 0 Å². The Hall–Kier alpha value is -2.14. The Balaban J connectivity index is 2.08. The zero-order valence-electron chi connectivity index (χ0n) is 12.8. The van der Waals surface area contributed by atoms with Gasteiger partial charge in [0.15, 0.2) is 5.78 Å². The second-order valence-corrected chi connectivity index (χ2v) is 5.51. The third kappa shape index (κ3) is 3.95. The molecule has 0 aliphatic rings. The van der Waals surface area contributed by atoms with Crippen LogP contribution in [0.5, 0.6) is 17.2 Å². The van der Waals surface area contributed by atoms with Crippen molar-refractivity contribution in [3.8, 4) is 17.2 Å². The molecule has 0 saturated heterocycles. The maximum Gasteiger partial charge on any atom is 0.176 e. The number of hydrogen-bond acceptors (Lipinski definition) is 5. The van der Waals surface area contributed by atoms with Crippen LogP contribution >= 0.6 is 11.8 Å². The summed E-state index contributed by atoms with van der Waals surface area (Å²) in [6.07, 6.45) is 0. The zero-order chi connectivity index (χ0) is 15.9. The van der Waals surface area contributed by atoms with Crippen LogP contribution in [0.25, 0.3) is 0 Å². The largest absolute Gasteiger partial charge is 0.497 e. The van der Waals surface area contributed by atoms with Gasteiger partial charge in [-0.15, -0.1) is 11.8 Å². The maximum atomic E-state index is 12.4. The monoisotopic (exact) mass is 318 g/mol. The second-order valence-electron chi connectivity index (χ2n) is 4.46. The third-order valence-electron chi connectivity index (χ3n) is 3.12. The van der Waals surface area contributed by atoms with Crippen LogP contribution in [0.1, 0.15) is 10.4 Å². The van der Waals surface area contributed by atoms with Crippen molar-refractivity contribution < 1.29 is 19.0 Å². The van der Waals surface area contributed by atoms with Crippen LogP contribution in [0.3, 0.4) is 0 Å². The van der Waals surface area contributed by atoms with Crippen LogP contribution in [0.15, 0.2) is 47.4 Å². The molecule has 4 nitrogen and oxygen atoms in total. The average Bonchev–Trinajstić information content (AvgIpc) is 2.59. The highest BCUT2D eigenvalue weighted by Crippen LogP contribution is 2.28. The first kappa shape index (κ1) is 16.2. The predicted molar refractivity (Wildman–Crippen MR) is 87.6 cm³/mol. The van der Waals surface area contributed by atoms with Gasteiger partial charge in [0.25, 0.3) is 0 Å². The topological polar surface area (TPSA) is 44.8 Å². The second kappa shape index (κ2) is 7.75. The summed E-state index contributed by atoms with van der Waals surface area (Å²) in [5.74, 6) is 2.30. The quantitative estimate of drug-likeness (QED) is 0.575. The van der Waals surface area contributed by atoms with Crippen LogP contribution in [0, 0.1) is 0 Å². The molecule has 22 heavy (non-hydrogen) atoms. The molecule has 116 valence electrons. The summed E-state index contributed by atoms with van der Waals surface area (Å²) in [5, 5.41) is 0. The number of ketones is 1. The molecule has 0 saturated carbocycles. The van der Waals surface area contributed by atoms with Gasteiger partial charge < -0.3 is 14.2 Å². The Bertz CT molecular complexity index is 655. The predicted octanol–water partition coefficient (Wildman–Crippen LogP) is 3.69. The molecule has 0 unspecified atom stereocenters. The molecule has 0 aromatic heterocycles. The van der Waals surface area contributed by atoms with Crippen molar-refractivity contribution in [1.29, 1.82) is 0 Å². The van der Waals surface area contributed by atoms with Crippen LogP contribution in [0.2, 0.25) is 0 Å². The number of thioether (sulfide) groups is 1. The number of rotatable bonds is 7. The number of carbonyl (C=O) groups excluding carboxylic acids is 1. The molecule has 0 heterocycles. The molecule has 0 N–H and O–H groups in total. The lowest BCUT2D eigenvalue weighted by Crippen LogP contribution is -2.05. The first-order valence-electron chi connectivity index (χ1n) is 6.70. The Kier molecular flexibility index (Phi) is 5.72. The van der Waals surface area contributed by atoms with Gasteiger partial charge in [-0.2, -0.15) is 0 Å². The standard InChI is InChI=1S/C17H18O4S/c1-19-12-5-4-6-14(9-12)22-11-16(18)15-8-7-13(20-2)10-17(15)21-3/h4-10H,11H2,1-3H3. The molecule has 2 aromatic carbocycles. The highest BCUT2D eigenvalue weighted by Gasteiger charge is 2.13. The minimum atomic E-state index is 0.00678. The highest BCUT2D eigenvalue weighted by atomic mass is 32.2. The molecule has 2 aromatic rings. The molecular weight excluding hydrogens is 300 g/mol. The van der Waals surface area contributed by atoms with E-state index in [1.165, 1.54) is 11.8 Å². The SMILES string of the molecule is COc1cccc(SCC(=O)c2ccc(OC)cc2OC)c1. The Morgan fingerprint density at radius 2 is 1.68 bits per heavy atom. The van der Waals surface area contributed by atoms with E-state index < -0.39 is 0 Å². The Morgan fingerprint density at radius 1 is 0.955 bits per heavy atom. The van der Waals surface area contributed by atoms with E-state index in [2.05, 4.69) is 0 Å². The van der Waals surface area contributed by atoms with Gasteiger partial charge in [0, 0.05) is 11.0 Å². The van der Waals surface area contributed by atoms with Crippen molar-refractivity contribution in [2.75, 3.05) is 27.1 Å². The maximum absolute atomic E-state index is 12.4. The summed E-state index contributed by atoms with van der Waals surface area (Å²) < 4.78 is 15.6. The molecule has 0 spiro atoms. The molecule has 0 aliphatic heterocycles. The van der Waals surface area contributed by atoms with Crippen LogP contribution in [-0.2, 0) is 0 Å². The van der Waals surface area contributed by atoms with Gasteiger partial charge in [-0.25, -0.2) is 0 Å². The van der Waals surface area contributed by atoms with Gasteiger partial charge in [0.1, 0.15) is 17.2 Å². The first-order valence-corrected chi connectivity index (χ1v) is 7.68. The molecular formula is C17H18O4S. The smallest absolute Gasteiger partial charge is 0.176 e. The number of carbonyl (C=O) groups is 1. The lowest BCUT2D eigenvalue weighted by Gasteiger charge is -2.09.